The van der Waals surface area contributed by atoms with Crippen molar-refractivity contribution in [1.82, 2.24) is 4.90 Å². The number of amides is 1. The molecule has 1 aromatic rings. The molecule has 0 aliphatic carbocycles. The largest absolute Gasteiger partial charge is 0.480 e. The van der Waals surface area contributed by atoms with Crippen LogP contribution in [0.3, 0.4) is 0 Å². The molecule has 2 rings (SSSR count). The van der Waals surface area contributed by atoms with E-state index in [9.17, 15) is 9.59 Å². The lowest BCUT2D eigenvalue weighted by Gasteiger charge is -2.10. The number of carboxylic acids is 1. The lowest BCUT2D eigenvalue weighted by Crippen LogP contribution is -2.33. The van der Waals surface area contributed by atoms with Crippen molar-refractivity contribution >= 4 is 69.5 Å². The molecule has 0 unspecified atom stereocenters. The maximum absolute atomic E-state index is 12.1. The van der Waals surface area contributed by atoms with Crippen molar-refractivity contribution < 1.29 is 14.7 Å². The molecule has 8 heteroatoms. The molecule has 1 saturated heterocycles. The van der Waals surface area contributed by atoms with Crippen LogP contribution >= 0.6 is 47.2 Å². The SMILES string of the molecule is O=C(O)CN1C(=O)/C(=C/c2c(Cl)cccc2Cl)SC1=S. The Morgan fingerprint density at radius 1 is 1.40 bits per heavy atom. The molecule has 0 bridgehead atoms. The Labute approximate surface area is 134 Å². The molecule has 0 atom stereocenters. The lowest BCUT2D eigenvalue weighted by molar-refractivity contribution is -0.140. The molecule has 1 aromatic carbocycles. The molecule has 20 heavy (non-hydrogen) atoms. The first kappa shape index (κ1) is 15.3. The highest BCUT2D eigenvalue weighted by Gasteiger charge is 2.33. The molecule has 1 heterocycles. The van der Waals surface area contributed by atoms with Crippen molar-refractivity contribution in [3.63, 3.8) is 0 Å². The fourth-order valence-corrected chi connectivity index (χ4v) is 3.29. The highest BCUT2D eigenvalue weighted by atomic mass is 35.5. The van der Waals surface area contributed by atoms with Gasteiger partial charge in [-0.3, -0.25) is 14.5 Å². The van der Waals surface area contributed by atoms with Gasteiger partial charge in [0.1, 0.15) is 10.9 Å². The fraction of sp³-hybridized carbons (Fsp3) is 0.0833. The number of carbonyl (C=O) groups excluding carboxylic acids is 1. The van der Waals surface area contributed by atoms with Crippen LogP contribution in [0.4, 0.5) is 0 Å². The molecule has 0 saturated carbocycles. The molecular weight excluding hydrogens is 341 g/mol. The standard InChI is InChI=1S/C12H7Cl2NO3S2/c13-7-2-1-3-8(14)6(7)4-9-11(18)15(5-10(16)17)12(19)20-9/h1-4H,5H2,(H,16,17)/b9-4-. The Balaban J connectivity index is 2.35. The molecular formula is C12H7Cl2NO3S2. The second-order valence-electron chi connectivity index (χ2n) is 3.80. The van der Waals surface area contributed by atoms with Crippen LogP contribution < -0.4 is 0 Å². The summed E-state index contributed by atoms with van der Waals surface area (Å²) in [5.74, 6) is -1.59. The van der Waals surface area contributed by atoms with Crippen LogP contribution in [0.15, 0.2) is 23.1 Å². The summed E-state index contributed by atoms with van der Waals surface area (Å²) < 4.78 is 0.201. The highest BCUT2D eigenvalue weighted by Crippen LogP contribution is 2.35. The number of carboxylic acid groups (broad SMARTS) is 1. The van der Waals surface area contributed by atoms with Crippen molar-refractivity contribution in [3.8, 4) is 0 Å². The minimum atomic E-state index is -1.13. The monoisotopic (exact) mass is 347 g/mol. The Kier molecular flexibility index (Phi) is 4.70. The highest BCUT2D eigenvalue weighted by molar-refractivity contribution is 8.26. The zero-order valence-electron chi connectivity index (χ0n) is 9.80. The molecule has 1 fully saturated rings. The smallest absolute Gasteiger partial charge is 0.323 e. The van der Waals surface area contributed by atoms with Crippen molar-refractivity contribution in [3.05, 3.63) is 38.7 Å². The van der Waals surface area contributed by atoms with Crippen molar-refractivity contribution in [2.75, 3.05) is 6.54 Å². The summed E-state index contributed by atoms with van der Waals surface area (Å²) in [5.41, 5.74) is 0.506. The zero-order valence-corrected chi connectivity index (χ0v) is 12.9. The predicted octanol–water partition coefficient (Wildman–Crippen LogP) is 3.28. The van der Waals surface area contributed by atoms with Gasteiger partial charge in [0, 0.05) is 15.6 Å². The maximum atomic E-state index is 12.1. The van der Waals surface area contributed by atoms with E-state index in [2.05, 4.69) is 0 Å². The number of carbonyl (C=O) groups is 2. The van der Waals surface area contributed by atoms with Crippen LogP contribution in [0.25, 0.3) is 6.08 Å². The predicted molar refractivity (Wildman–Crippen MR) is 84.0 cm³/mol. The molecule has 104 valence electrons. The van der Waals surface area contributed by atoms with Gasteiger partial charge < -0.3 is 5.11 Å². The van der Waals surface area contributed by atoms with E-state index < -0.39 is 18.4 Å². The normalized spacial score (nSPS) is 17.1. The van der Waals surface area contributed by atoms with Crippen molar-refractivity contribution in [1.29, 1.82) is 0 Å². The Hall–Kier alpha value is -1.08. The van der Waals surface area contributed by atoms with Crippen LogP contribution in [-0.2, 0) is 9.59 Å². The van der Waals surface area contributed by atoms with Crippen molar-refractivity contribution in [2.24, 2.45) is 0 Å². The van der Waals surface area contributed by atoms with Gasteiger partial charge in [-0.2, -0.15) is 0 Å². The van der Waals surface area contributed by atoms with Crippen molar-refractivity contribution in [2.45, 2.75) is 0 Å². The van der Waals surface area contributed by atoms with E-state index in [1.807, 2.05) is 0 Å². The third-order valence-electron chi connectivity index (χ3n) is 2.44. The quantitative estimate of drug-likeness (QED) is 0.671. The van der Waals surface area contributed by atoms with Crippen LogP contribution in [-0.4, -0.2) is 32.7 Å². The number of thioether (sulfide) groups is 1. The Morgan fingerprint density at radius 3 is 2.55 bits per heavy atom. The maximum Gasteiger partial charge on any atom is 0.323 e. The van der Waals surface area contributed by atoms with Crippen LogP contribution in [0.1, 0.15) is 5.56 Å². The summed E-state index contributed by atoms with van der Waals surface area (Å²) in [7, 11) is 0. The third-order valence-corrected chi connectivity index (χ3v) is 4.48. The summed E-state index contributed by atoms with van der Waals surface area (Å²) >= 11 is 18.1. The van der Waals surface area contributed by atoms with Gasteiger partial charge in [0.05, 0.1) is 4.91 Å². The van der Waals surface area contributed by atoms with E-state index in [0.717, 1.165) is 16.7 Å². The van der Waals surface area contributed by atoms with Crippen LogP contribution in [0.2, 0.25) is 10.0 Å². The fourth-order valence-electron chi connectivity index (χ4n) is 1.55. The van der Waals surface area contributed by atoms with Gasteiger partial charge in [0.25, 0.3) is 5.91 Å². The number of thiocarbonyl (C=S) groups is 1. The van der Waals surface area contributed by atoms with E-state index in [0.29, 0.717) is 20.5 Å². The first-order valence-corrected chi connectivity index (χ1v) is 7.29. The molecule has 1 N–H and O–H groups in total. The summed E-state index contributed by atoms with van der Waals surface area (Å²) in [6.45, 7) is -0.460. The van der Waals surface area contributed by atoms with Gasteiger partial charge in [-0.1, -0.05) is 53.2 Å². The minimum absolute atomic E-state index is 0.201. The second-order valence-corrected chi connectivity index (χ2v) is 6.29. The number of hydrogen-bond acceptors (Lipinski definition) is 4. The van der Waals surface area contributed by atoms with Gasteiger partial charge >= 0.3 is 5.97 Å². The Morgan fingerprint density at radius 2 is 2.00 bits per heavy atom. The van der Waals surface area contributed by atoms with Gasteiger partial charge in [0.2, 0.25) is 0 Å². The number of halogens is 2. The van der Waals surface area contributed by atoms with Gasteiger partial charge in [0.15, 0.2) is 0 Å². The second kappa shape index (κ2) is 6.13. The molecule has 1 amide bonds. The summed E-state index contributed by atoms with van der Waals surface area (Å²) in [6, 6.07) is 4.99. The summed E-state index contributed by atoms with van der Waals surface area (Å²) in [4.78, 5) is 24.1. The number of rotatable bonds is 3. The molecule has 4 nitrogen and oxygen atoms in total. The van der Waals surface area contributed by atoms with E-state index >= 15 is 0 Å². The van der Waals surface area contributed by atoms with E-state index in [-0.39, 0.29) is 4.32 Å². The summed E-state index contributed by atoms with van der Waals surface area (Å²) in [6.07, 6.45) is 1.52. The minimum Gasteiger partial charge on any atom is -0.480 e. The third kappa shape index (κ3) is 3.15. The molecule has 0 radical (unpaired) electrons. The van der Waals surface area contributed by atoms with E-state index in [1.54, 1.807) is 18.2 Å². The van der Waals surface area contributed by atoms with Crippen LogP contribution in [0.5, 0.6) is 0 Å². The summed E-state index contributed by atoms with van der Waals surface area (Å²) in [5, 5.41) is 9.56. The van der Waals surface area contributed by atoms with Gasteiger partial charge in [-0.25, -0.2) is 0 Å². The van der Waals surface area contributed by atoms with Gasteiger partial charge in [-0.05, 0) is 18.2 Å². The van der Waals surface area contributed by atoms with Crippen LogP contribution in [0, 0.1) is 0 Å². The molecule has 0 spiro atoms. The van der Waals surface area contributed by atoms with E-state index in [4.69, 9.17) is 40.5 Å². The molecule has 0 aromatic heterocycles. The topological polar surface area (TPSA) is 57.6 Å². The molecule has 1 aliphatic heterocycles. The molecule has 1 aliphatic rings. The first-order valence-electron chi connectivity index (χ1n) is 5.31. The number of benzene rings is 1. The average Bonchev–Trinajstić information content (AvgIpc) is 2.61. The number of aliphatic carboxylic acids is 1. The van der Waals surface area contributed by atoms with E-state index in [1.165, 1.54) is 6.08 Å². The Bertz CT molecular complexity index is 625. The average molecular weight is 348 g/mol. The number of hydrogen-bond donors (Lipinski definition) is 1. The zero-order chi connectivity index (χ0) is 14.9. The van der Waals surface area contributed by atoms with Gasteiger partial charge in [-0.15, -0.1) is 0 Å². The lowest BCUT2D eigenvalue weighted by atomic mass is 10.2. The number of nitrogens with zero attached hydrogens (tertiary/aromatic N) is 1. The first-order chi connectivity index (χ1) is 9.40.